The minimum Gasteiger partial charge on any atom is -0.332 e. The van der Waals surface area contributed by atoms with Crippen LogP contribution >= 0.6 is 0 Å². The molecule has 0 aliphatic heterocycles. The van der Waals surface area contributed by atoms with Crippen molar-refractivity contribution < 1.29 is 0 Å². The number of nitrogens with zero attached hydrogens (tertiary/aromatic N) is 2. The molecular formula is C34H66N2. The zero-order valence-electron chi connectivity index (χ0n) is 25.4. The van der Waals surface area contributed by atoms with Gasteiger partial charge in [0.05, 0.1) is 0 Å². The molecule has 0 saturated heterocycles. The molecule has 2 unspecified atom stereocenters. The first kappa shape index (κ1) is 33.2. The SMILES string of the molecule is CCCCCCCCCCCCCCCC(CC)c1nccn1C(C)CCCCCCCCCCC. The summed E-state index contributed by atoms with van der Waals surface area (Å²) in [6, 6.07) is 0.591. The molecule has 1 aromatic rings. The smallest absolute Gasteiger partial charge is 0.111 e. The van der Waals surface area contributed by atoms with Crippen LogP contribution in [0.25, 0.3) is 0 Å². The Kier molecular flexibility index (Phi) is 22.7. The molecule has 0 fully saturated rings. The Morgan fingerprint density at radius 2 is 0.944 bits per heavy atom. The fourth-order valence-electron chi connectivity index (χ4n) is 5.83. The summed E-state index contributed by atoms with van der Waals surface area (Å²) in [4.78, 5) is 4.84. The van der Waals surface area contributed by atoms with Crippen molar-refractivity contribution in [3.63, 3.8) is 0 Å². The lowest BCUT2D eigenvalue weighted by Crippen LogP contribution is -2.12. The molecule has 0 radical (unpaired) electrons. The molecule has 1 aromatic heterocycles. The third kappa shape index (κ3) is 16.9. The molecule has 0 aliphatic rings. The van der Waals surface area contributed by atoms with Gasteiger partial charge in [0.25, 0.3) is 0 Å². The minimum atomic E-state index is 0.591. The highest BCUT2D eigenvalue weighted by atomic mass is 15.1. The van der Waals surface area contributed by atoms with E-state index in [9.17, 15) is 0 Å². The third-order valence-electron chi connectivity index (χ3n) is 8.41. The van der Waals surface area contributed by atoms with Crippen molar-refractivity contribution in [3.05, 3.63) is 18.2 Å². The van der Waals surface area contributed by atoms with Crippen LogP contribution in [0.4, 0.5) is 0 Å². The highest BCUT2D eigenvalue weighted by Gasteiger charge is 2.17. The highest BCUT2D eigenvalue weighted by molar-refractivity contribution is 5.02. The second kappa shape index (κ2) is 24.5. The first-order chi connectivity index (χ1) is 17.7. The molecule has 36 heavy (non-hydrogen) atoms. The number of imidazole rings is 1. The van der Waals surface area contributed by atoms with Gasteiger partial charge in [-0.05, 0) is 26.2 Å². The summed E-state index contributed by atoms with van der Waals surface area (Å²) >= 11 is 0. The first-order valence-electron chi connectivity index (χ1n) is 16.8. The minimum absolute atomic E-state index is 0.591. The topological polar surface area (TPSA) is 17.8 Å². The molecule has 0 N–H and O–H groups in total. The monoisotopic (exact) mass is 503 g/mol. The Labute approximate surface area is 227 Å². The number of unbranched alkanes of at least 4 members (excludes halogenated alkanes) is 20. The standard InChI is InChI=1S/C34H66N2/c1-5-8-10-12-14-16-17-18-19-21-23-25-27-29-33(7-3)34-35-30-31-36(34)32(4)28-26-24-22-20-15-13-11-9-6-2/h30-33H,5-29H2,1-4H3. The van der Waals surface area contributed by atoms with Crippen molar-refractivity contribution in [1.29, 1.82) is 0 Å². The van der Waals surface area contributed by atoms with Crippen molar-refractivity contribution in [2.45, 2.75) is 200 Å². The fraction of sp³-hybridized carbons (Fsp3) is 0.912. The number of rotatable bonds is 27. The van der Waals surface area contributed by atoms with Crippen molar-refractivity contribution in [2.24, 2.45) is 0 Å². The second-order valence-corrected chi connectivity index (χ2v) is 11.8. The quantitative estimate of drug-likeness (QED) is 0.109. The van der Waals surface area contributed by atoms with Crippen LogP contribution in [0.15, 0.2) is 12.4 Å². The summed E-state index contributed by atoms with van der Waals surface area (Å²) in [5.41, 5.74) is 0. The van der Waals surface area contributed by atoms with E-state index in [0.717, 1.165) is 0 Å². The Morgan fingerprint density at radius 1 is 0.556 bits per heavy atom. The van der Waals surface area contributed by atoms with Gasteiger partial charge in [-0.15, -0.1) is 0 Å². The molecule has 0 amide bonds. The summed E-state index contributed by atoms with van der Waals surface area (Å²) in [5, 5.41) is 0. The molecule has 1 rings (SSSR count). The third-order valence-corrected chi connectivity index (χ3v) is 8.41. The average Bonchev–Trinajstić information content (AvgIpc) is 3.38. The van der Waals surface area contributed by atoms with Gasteiger partial charge < -0.3 is 4.57 Å². The summed E-state index contributed by atoms with van der Waals surface area (Å²) in [5.74, 6) is 2.00. The van der Waals surface area contributed by atoms with E-state index < -0.39 is 0 Å². The van der Waals surface area contributed by atoms with Gasteiger partial charge in [-0.2, -0.15) is 0 Å². The van der Waals surface area contributed by atoms with Crippen molar-refractivity contribution in [1.82, 2.24) is 9.55 Å². The molecular weight excluding hydrogens is 436 g/mol. The van der Waals surface area contributed by atoms with Crippen LogP contribution in [0.5, 0.6) is 0 Å². The van der Waals surface area contributed by atoms with Gasteiger partial charge in [-0.25, -0.2) is 4.98 Å². The lowest BCUT2D eigenvalue weighted by atomic mass is 9.96. The summed E-state index contributed by atoms with van der Waals surface area (Å²) in [6.07, 6.45) is 39.5. The molecule has 2 atom stereocenters. The fourth-order valence-corrected chi connectivity index (χ4v) is 5.83. The molecule has 212 valence electrons. The molecule has 0 spiro atoms. The normalized spacial score (nSPS) is 13.3. The van der Waals surface area contributed by atoms with Crippen LogP contribution in [-0.4, -0.2) is 9.55 Å². The number of hydrogen-bond acceptors (Lipinski definition) is 1. The maximum Gasteiger partial charge on any atom is 0.111 e. The van der Waals surface area contributed by atoms with Gasteiger partial charge in [-0.3, -0.25) is 0 Å². The number of hydrogen-bond donors (Lipinski definition) is 0. The maximum atomic E-state index is 4.84. The predicted molar refractivity (Wildman–Crippen MR) is 162 cm³/mol. The van der Waals surface area contributed by atoms with Crippen LogP contribution < -0.4 is 0 Å². The van der Waals surface area contributed by atoms with Crippen LogP contribution in [0, 0.1) is 0 Å². The van der Waals surface area contributed by atoms with Crippen molar-refractivity contribution in [3.8, 4) is 0 Å². The van der Waals surface area contributed by atoms with Crippen LogP contribution in [0.3, 0.4) is 0 Å². The zero-order chi connectivity index (χ0) is 26.1. The molecule has 0 aromatic carbocycles. The predicted octanol–water partition coefficient (Wildman–Crippen LogP) is 12.3. The second-order valence-electron chi connectivity index (χ2n) is 11.8. The van der Waals surface area contributed by atoms with Crippen LogP contribution in [-0.2, 0) is 0 Å². The molecule has 0 bridgehead atoms. The van der Waals surface area contributed by atoms with E-state index in [1.807, 2.05) is 0 Å². The summed E-state index contributed by atoms with van der Waals surface area (Å²) < 4.78 is 2.52. The van der Waals surface area contributed by atoms with E-state index >= 15 is 0 Å². The van der Waals surface area contributed by atoms with Gasteiger partial charge in [0.15, 0.2) is 0 Å². The van der Waals surface area contributed by atoms with E-state index in [2.05, 4.69) is 44.7 Å². The maximum absolute atomic E-state index is 4.84. The Morgan fingerprint density at radius 3 is 1.36 bits per heavy atom. The zero-order valence-corrected chi connectivity index (χ0v) is 25.4. The van der Waals surface area contributed by atoms with Gasteiger partial charge in [0.2, 0.25) is 0 Å². The van der Waals surface area contributed by atoms with Gasteiger partial charge >= 0.3 is 0 Å². The van der Waals surface area contributed by atoms with Gasteiger partial charge in [0.1, 0.15) is 5.82 Å². The van der Waals surface area contributed by atoms with E-state index in [1.54, 1.807) is 0 Å². The Balaban J connectivity index is 2.12. The lowest BCUT2D eigenvalue weighted by molar-refractivity contribution is 0.425. The Bertz CT molecular complexity index is 563. The highest BCUT2D eigenvalue weighted by Crippen LogP contribution is 2.28. The Hall–Kier alpha value is -0.790. The lowest BCUT2D eigenvalue weighted by Gasteiger charge is -2.21. The largest absolute Gasteiger partial charge is 0.332 e. The molecule has 2 heteroatoms. The molecule has 0 saturated carbocycles. The van der Waals surface area contributed by atoms with Gasteiger partial charge in [0, 0.05) is 24.4 Å². The summed E-state index contributed by atoms with van der Waals surface area (Å²) in [6.45, 7) is 9.37. The summed E-state index contributed by atoms with van der Waals surface area (Å²) in [7, 11) is 0. The van der Waals surface area contributed by atoms with Crippen LogP contribution in [0.1, 0.15) is 206 Å². The first-order valence-corrected chi connectivity index (χ1v) is 16.8. The molecule has 2 nitrogen and oxygen atoms in total. The van der Waals surface area contributed by atoms with E-state index in [1.165, 1.54) is 166 Å². The number of aromatic nitrogens is 2. The van der Waals surface area contributed by atoms with Gasteiger partial charge in [-0.1, -0.05) is 162 Å². The molecule has 1 heterocycles. The van der Waals surface area contributed by atoms with E-state index in [-0.39, 0.29) is 0 Å². The molecule has 0 aliphatic carbocycles. The average molecular weight is 503 g/mol. The van der Waals surface area contributed by atoms with Crippen molar-refractivity contribution in [2.75, 3.05) is 0 Å². The van der Waals surface area contributed by atoms with E-state index in [4.69, 9.17) is 4.98 Å². The van der Waals surface area contributed by atoms with E-state index in [0.29, 0.717) is 12.0 Å². The van der Waals surface area contributed by atoms with Crippen molar-refractivity contribution >= 4 is 0 Å². The van der Waals surface area contributed by atoms with Crippen LogP contribution in [0.2, 0.25) is 0 Å².